The lowest BCUT2D eigenvalue weighted by molar-refractivity contribution is -0.133. The Morgan fingerprint density at radius 3 is 3.07 bits per heavy atom. The van der Waals surface area contributed by atoms with E-state index in [1.807, 2.05) is 35.1 Å². The first-order valence-corrected chi connectivity index (χ1v) is 9.91. The van der Waals surface area contributed by atoms with Gasteiger partial charge in [-0.2, -0.15) is 0 Å². The summed E-state index contributed by atoms with van der Waals surface area (Å²) in [5, 5.41) is 11.6. The highest BCUT2D eigenvalue weighted by Crippen LogP contribution is 2.37. The fourth-order valence-electron chi connectivity index (χ4n) is 4.47. The number of amides is 1. The van der Waals surface area contributed by atoms with Crippen molar-refractivity contribution in [1.29, 1.82) is 0 Å². The SMILES string of the molecule is COCCNC(=O)[C@H]1CN2CCC1C[C@@H]2Cn1cc(-c2cccc(N)c2)nn1. The van der Waals surface area contributed by atoms with Crippen LogP contribution in [0.25, 0.3) is 11.3 Å². The maximum Gasteiger partial charge on any atom is 0.224 e. The first-order chi connectivity index (χ1) is 13.6. The number of rotatable bonds is 7. The second-order valence-electron chi connectivity index (χ2n) is 7.77. The van der Waals surface area contributed by atoms with E-state index in [2.05, 4.69) is 20.5 Å². The molecule has 0 aliphatic carbocycles. The van der Waals surface area contributed by atoms with Gasteiger partial charge in [0.25, 0.3) is 0 Å². The van der Waals surface area contributed by atoms with Crippen molar-refractivity contribution in [3.05, 3.63) is 30.5 Å². The van der Waals surface area contributed by atoms with Gasteiger partial charge in [0.15, 0.2) is 0 Å². The van der Waals surface area contributed by atoms with Crippen LogP contribution in [0.1, 0.15) is 12.8 Å². The van der Waals surface area contributed by atoms with E-state index >= 15 is 0 Å². The minimum Gasteiger partial charge on any atom is -0.399 e. The Morgan fingerprint density at radius 2 is 2.32 bits per heavy atom. The lowest BCUT2D eigenvalue weighted by Crippen LogP contribution is -2.58. The average molecular weight is 384 g/mol. The maximum absolute atomic E-state index is 12.5. The molecule has 0 spiro atoms. The van der Waals surface area contributed by atoms with Gasteiger partial charge in [0.1, 0.15) is 5.69 Å². The van der Waals surface area contributed by atoms with Crippen LogP contribution in [0.15, 0.2) is 30.5 Å². The van der Waals surface area contributed by atoms with Crippen LogP contribution in [-0.4, -0.2) is 65.2 Å². The molecule has 0 saturated carbocycles. The Labute approximate surface area is 165 Å². The van der Waals surface area contributed by atoms with E-state index in [-0.39, 0.29) is 11.8 Å². The summed E-state index contributed by atoms with van der Waals surface area (Å²) in [5.41, 5.74) is 8.40. The molecule has 28 heavy (non-hydrogen) atoms. The molecule has 150 valence electrons. The molecule has 3 aliphatic rings. The molecule has 1 aromatic heterocycles. The highest BCUT2D eigenvalue weighted by Gasteiger charge is 2.43. The number of piperidine rings is 3. The highest BCUT2D eigenvalue weighted by molar-refractivity contribution is 5.79. The summed E-state index contributed by atoms with van der Waals surface area (Å²) < 4.78 is 6.93. The summed E-state index contributed by atoms with van der Waals surface area (Å²) in [5.74, 6) is 0.685. The highest BCUT2D eigenvalue weighted by atomic mass is 16.5. The molecule has 1 aromatic carbocycles. The van der Waals surface area contributed by atoms with Crippen LogP contribution in [0.3, 0.4) is 0 Å². The molecule has 2 bridgehead atoms. The second kappa shape index (κ2) is 8.28. The number of ether oxygens (including phenoxy) is 1. The molecule has 8 heteroatoms. The quantitative estimate of drug-likeness (QED) is 0.546. The van der Waals surface area contributed by atoms with Gasteiger partial charge in [-0.3, -0.25) is 14.4 Å². The van der Waals surface area contributed by atoms with Crippen LogP contribution in [0.4, 0.5) is 5.69 Å². The third kappa shape index (κ3) is 4.02. The average Bonchev–Trinajstić information content (AvgIpc) is 3.17. The third-order valence-electron chi connectivity index (χ3n) is 5.94. The van der Waals surface area contributed by atoms with E-state index in [9.17, 15) is 4.79 Å². The van der Waals surface area contributed by atoms with Crippen molar-refractivity contribution < 1.29 is 9.53 Å². The summed E-state index contributed by atoms with van der Waals surface area (Å²) in [7, 11) is 1.65. The summed E-state index contributed by atoms with van der Waals surface area (Å²) in [4.78, 5) is 14.9. The lowest BCUT2D eigenvalue weighted by Gasteiger charge is -2.49. The van der Waals surface area contributed by atoms with Gasteiger partial charge in [-0.15, -0.1) is 5.10 Å². The number of aromatic nitrogens is 3. The van der Waals surface area contributed by atoms with Gasteiger partial charge in [0.2, 0.25) is 5.91 Å². The van der Waals surface area contributed by atoms with Gasteiger partial charge in [-0.1, -0.05) is 17.3 Å². The molecular formula is C20H28N6O2. The van der Waals surface area contributed by atoms with Gasteiger partial charge in [0, 0.05) is 37.5 Å². The van der Waals surface area contributed by atoms with E-state index in [1.165, 1.54) is 0 Å². The number of hydrogen-bond acceptors (Lipinski definition) is 6. The molecule has 1 amide bonds. The molecule has 8 nitrogen and oxygen atoms in total. The zero-order chi connectivity index (χ0) is 19.5. The molecule has 3 saturated heterocycles. The molecule has 3 aliphatic heterocycles. The second-order valence-corrected chi connectivity index (χ2v) is 7.77. The number of nitrogens with zero attached hydrogens (tertiary/aromatic N) is 4. The largest absolute Gasteiger partial charge is 0.399 e. The molecule has 4 heterocycles. The minimum atomic E-state index is 0.0838. The fraction of sp³-hybridized carbons (Fsp3) is 0.550. The van der Waals surface area contributed by atoms with Crippen LogP contribution in [-0.2, 0) is 16.1 Å². The number of fused-ring (bicyclic) bond motifs is 3. The number of benzene rings is 1. The summed E-state index contributed by atoms with van der Waals surface area (Å²) in [6.07, 6.45) is 4.09. The molecular weight excluding hydrogens is 356 g/mol. The molecule has 2 unspecified atom stereocenters. The molecule has 2 aromatic rings. The van der Waals surface area contributed by atoms with E-state index in [0.29, 0.717) is 25.1 Å². The van der Waals surface area contributed by atoms with Crippen molar-refractivity contribution >= 4 is 11.6 Å². The Bertz CT molecular complexity index is 823. The van der Waals surface area contributed by atoms with Crippen molar-refractivity contribution in [2.75, 3.05) is 39.1 Å². The predicted octanol–water partition coefficient (Wildman–Crippen LogP) is 1.00. The Morgan fingerprint density at radius 1 is 1.43 bits per heavy atom. The number of carbonyl (C=O) groups excluding carboxylic acids is 1. The molecule has 5 rings (SSSR count). The Balaban J connectivity index is 1.37. The van der Waals surface area contributed by atoms with E-state index < -0.39 is 0 Å². The number of nitrogen functional groups attached to an aromatic ring is 1. The summed E-state index contributed by atoms with van der Waals surface area (Å²) >= 11 is 0. The van der Waals surface area contributed by atoms with Crippen molar-refractivity contribution in [3.63, 3.8) is 0 Å². The first-order valence-electron chi connectivity index (χ1n) is 9.91. The summed E-state index contributed by atoms with van der Waals surface area (Å²) in [6, 6.07) is 8.09. The topological polar surface area (TPSA) is 98.3 Å². The van der Waals surface area contributed by atoms with Gasteiger partial charge in [-0.05, 0) is 37.4 Å². The minimum absolute atomic E-state index is 0.0838. The Hall–Kier alpha value is -2.45. The standard InChI is InChI=1S/C20H28N6O2/c1-28-8-6-22-20(27)18-12-25-7-5-14(18)10-17(25)11-26-13-19(23-24-26)15-3-2-4-16(21)9-15/h2-4,9,13-14,17-18H,5-8,10-12,21H2,1H3,(H,22,27)/t14?,17-,18+/m1/s1. The monoisotopic (exact) mass is 384 g/mol. The normalized spacial score (nSPS) is 26.3. The first kappa shape index (κ1) is 18.9. The zero-order valence-electron chi connectivity index (χ0n) is 16.3. The Kier molecular flexibility index (Phi) is 5.59. The van der Waals surface area contributed by atoms with Crippen LogP contribution in [0.5, 0.6) is 0 Å². The lowest BCUT2D eigenvalue weighted by atomic mass is 9.75. The van der Waals surface area contributed by atoms with E-state index in [4.69, 9.17) is 10.5 Å². The van der Waals surface area contributed by atoms with E-state index in [0.717, 1.165) is 49.4 Å². The van der Waals surface area contributed by atoms with Crippen LogP contribution < -0.4 is 11.1 Å². The van der Waals surface area contributed by atoms with Crippen molar-refractivity contribution in [2.45, 2.75) is 25.4 Å². The number of anilines is 1. The molecule has 4 atom stereocenters. The third-order valence-corrected chi connectivity index (χ3v) is 5.94. The van der Waals surface area contributed by atoms with Crippen LogP contribution in [0, 0.1) is 11.8 Å². The van der Waals surface area contributed by atoms with Gasteiger partial charge in [0.05, 0.1) is 25.3 Å². The van der Waals surface area contributed by atoms with Gasteiger partial charge >= 0.3 is 0 Å². The van der Waals surface area contributed by atoms with Crippen molar-refractivity contribution in [3.8, 4) is 11.3 Å². The maximum atomic E-state index is 12.5. The van der Waals surface area contributed by atoms with Crippen molar-refractivity contribution in [2.24, 2.45) is 11.8 Å². The number of hydrogen-bond donors (Lipinski definition) is 2. The number of carbonyl (C=O) groups is 1. The summed E-state index contributed by atoms with van der Waals surface area (Å²) in [6.45, 7) is 3.80. The zero-order valence-corrected chi connectivity index (χ0v) is 16.3. The van der Waals surface area contributed by atoms with E-state index in [1.54, 1.807) is 7.11 Å². The van der Waals surface area contributed by atoms with Gasteiger partial charge < -0.3 is 15.8 Å². The molecule has 3 N–H and O–H groups in total. The number of nitrogens with two attached hydrogens (primary N) is 1. The van der Waals surface area contributed by atoms with Crippen LogP contribution >= 0.6 is 0 Å². The number of methoxy groups -OCH3 is 1. The van der Waals surface area contributed by atoms with Crippen LogP contribution in [0.2, 0.25) is 0 Å². The molecule has 3 fully saturated rings. The fourth-order valence-corrected chi connectivity index (χ4v) is 4.47. The number of nitrogens with one attached hydrogen (secondary N) is 1. The van der Waals surface area contributed by atoms with Crippen molar-refractivity contribution in [1.82, 2.24) is 25.2 Å². The smallest absolute Gasteiger partial charge is 0.224 e. The van der Waals surface area contributed by atoms with Gasteiger partial charge in [-0.25, -0.2) is 0 Å². The molecule has 0 radical (unpaired) electrons. The predicted molar refractivity (Wildman–Crippen MR) is 106 cm³/mol.